The highest BCUT2D eigenvalue weighted by Gasteiger charge is 2.33. The standard InChI is InChI=1S/C20H19F3N2O2S/c1-2-3-4-12-27-14-10-8-13(9-11-14)18(26)25-19-24-17-15(20(21,22)23)6-5-7-16(17)28-19/h5-11H,2-4,12H2,1H3,(H,24,25,26). The zero-order valence-corrected chi connectivity index (χ0v) is 16.0. The van der Waals surface area contributed by atoms with Crippen molar-refractivity contribution in [3.63, 3.8) is 0 Å². The number of hydrogen-bond acceptors (Lipinski definition) is 4. The van der Waals surface area contributed by atoms with Crippen molar-refractivity contribution in [1.29, 1.82) is 0 Å². The number of aromatic nitrogens is 1. The number of halogens is 3. The number of ether oxygens (including phenoxy) is 1. The molecule has 1 N–H and O–H groups in total. The lowest BCUT2D eigenvalue weighted by molar-refractivity contribution is -0.136. The van der Waals surface area contributed by atoms with Gasteiger partial charge in [-0.2, -0.15) is 13.2 Å². The van der Waals surface area contributed by atoms with Gasteiger partial charge in [0.15, 0.2) is 5.13 Å². The lowest BCUT2D eigenvalue weighted by Gasteiger charge is -2.07. The third kappa shape index (κ3) is 4.81. The van der Waals surface area contributed by atoms with Crippen LogP contribution in [0, 0.1) is 0 Å². The molecule has 0 aliphatic carbocycles. The van der Waals surface area contributed by atoms with Gasteiger partial charge in [-0.25, -0.2) is 4.98 Å². The fraction of sp³-hybridized carbons (Fsp3) is 0.300. The number of rotatable bonds is 7. The third-order valence-corrected chi connectivity index (χ3v) is 5.01. The van der Waals surface area contributed by atoms with E-state index >= 15 is 0 Å². The molecule has 0 fully saturated rings. The molecule has 1 aromatic heterocycles. The van der Waals surface area contributed by atoms with Crippen molar-refractivity contribution in [1.82, 2.24) is 4.98 Å². The first-order valence-electron chi connectivity index (χ1n) is 8.89. The molecule has 0 bridgehead atoms. The van der Waals surface area contributed by atoms with Crippen LogP contribution in [-0.4, -0.2) is 17.5 Å². The number of carbonyl (C=O) groups excluding carboxylic acids is 1. The van der Waals surface area contributed by atoms with E-state index in [4.69, 9.17) is 4.74 Å². The number of thiazole rings is 1. The summed E-state index contributed by atoms with van der Waals surface area (Å²) in [6.07, 6.45) is -1.32. The quantitative estimate of drug-likeness (QED) is 0.478. The summed E-state index contributed by atoms with van der Waals surface area (Å²) in [6, 6.07) is 10.5. The molecule has 1 heterocycles. The Morgan fingerprint density at radius 2 is 1.89 bits per heavy atom. The number of alkyl halides is 3. The Labute approximate surface area is 164 Å². The van der Waals surface area contributed by atoms with E-state index in [-0.39, 0.29) is 10.6 Å². The molecule has 0 saturated carbocycles. The Morgan fingerprint density at radius 1 is 1.14 bits per heavy atom. The van der Waals surface area contributed by atoms with Gasteiger partial charge in [0.25, 0.3) is 5.91 Å². The zero-order chi connectivity index (χ0) is 20.1. The van der Waals surface area contributed by atoms with E-state index in [1.54, 1.807) is 30.3 Å². The number of amides is 1. The molecule has 8 heteroatoms. The lowest BCUT2D eigenvalue weighted by Crippen LogP contribution is -2.11. The van der Waals surface area contributed by atoms with Crippen LogP contribution in [0.3, 0.4) is 0 Å². The number of fused-ring (bicyclic) bond motifs is 1. The van der Waals surface area contributed by atoms with Crippen LogP contribution in [0.2, 0.25) is 0 Å². The van der Waals surface area contributed by atoms with Crippen molar-refractivity contribution in [2.24, 2.45) is 0 Å². The molecule has 1 amide bonds. The Balaban J connectivity index is 1.69. The van der Waals surface area contributed by atoms with Crippen molar-refractivity contribution >= 4 is 32.6 Å². The second kappa shape index (κ2) is 8.60. The van der Waals surface area contributed by atoms with Gasteiger partial charge in [0, 0.05) is 5.56 Å². The van der Waals surface area contributed by atoms with Crippen LogP contribution in [0.15, 0.2) is 42.5 Å². The van der Waals surface area contributed by atoms with E-state index in [1.807, 2.05) is 0 Å². The van der Waals surface area contributed by atoms with Gasteiger partial charge in [-0.05, 0) is 42.8 Å². The molecule has 0 aliphatic heterocycles. The Kier molecular flexibility index (Phi) is 6.18. The summed E-state index contributed by atoms with van der Waals surface area (Å²) < 4.78 is 45.2. The molecule has 0 radical (unpaired) electrons. The average Bonchev–Trinajstić information content (AvgIpc) is 3.07. The van der Waals surface area contributed by atoms with Crippen LogP contribution in [0.25, 0.3) is 10.2 Å². The first-order chi connectivity index (χ1) is 13.4. The van der Waals surface area contributed by atoms with Crippen LogP contribution in [0.4, 0.5) is 18.3 Å². The zero-order valence-electron chi connectivity index (χ0n) is 15.2. The van der Waals surface area contributed by atoms with Crippen molar-refractivity contribution in [3.05, 3.63) is 53.6 Å². The fourth-order valence-electron chi connectivity index (χ4n) is 2.64. The van der Waals surface area contributed by atoms with E-state index in [0.29, 0.717) is 22.6 Å². The van der Waals surface area contributed by atoms with Gasteiger partial charge in [-0.15, -0.1) is 0 Å². The maximum absolute atomic E-state index is 13.1. The second-order valence-corrected chi connectivity index (χ2v) is 7.23. The van der Waals surface area contributed by atoms with E-state index in [2.05, 4.69) is 17.2 Å². The maximum Gasteiger partial charge on any atom is 0.418 e. The number of unbranched alkanes of at least 4 members (excludes halogenated alkanes) is 2. The van der Waals surface area contributed by atoms with Crippen molar-refractivity contribution in [3.8, 4) is 5.75 Å². The Morgan fingerprint density at radius 3 is 2.57 bits per heavy atom. The largest absolute Gasteiger partial charge is 0.494 e. The van der Waals surface area contributed by atoms with E-state index in [9.17, 15) is 18.0 Å². The van der Waals surface area contributed by atoms with Crippen molar-refractivity contribution in [2.75, 3.05) is 11.9 Å². The van der Waals surface area contributed by atoms with Gasteiger partial charge in [0.05, 0.1) is 22.4 Å². The maximum atomic E-state index is 13.1. The summed E-state index contributed by atoms with van der Waals surface area (Å²) in [4.78, 5) is 16.3. The third-order valence-electron chi connectivity index (χ3n) is 4.08. The predicted octanol–water partition coefficient (Wildman–Crippen LogP) is 6.14. The molecular weight excluding hydrogens is 389 g/mol. The Hall–Kier alpha value is -2.61. The monoisotopic (exact) mass is 408 g/mol. The minimum absolute atomic E-state index is 0.122. The van der Waals surface area contributed by atoms with Crippen LogP contribution in [0.5, 0.6) is 5.75 Å². The smallest absolute Gasteiger partial charge is 0.418 e. The molecule has 148 valence electrons. The minimum Gasteiger partial charge on any atom is -0.494 e. The van der Waals surface area contributed by atoms with Crippen LogP contribution in [0.1, 0.15) is 42.1 Å². The summed E-state index contributed by atoms with van der Waals surface area (Å²) in [5, 5.41) is 2.69. The highest BCUT2D eigenvalue weighted by molar-refractivity contribution is 7.22. The molecule has 0 spiro atoms. The molecule has 2 aromatic carbocycles. The molecule has 28 heavy (non-hydrogen) atoms. The molecule has 0 aliphatic rings. The molecule has 0 saturated heterocycles. The van der Waals surface area contributed by atoms with Crippen LogP contribution in [-0.2, 0) is 6.18 Å². The molecule has 0 unspecified atom stereocenters. The van der Waals surface area contributed by atoms with Gasteiger partial charge in [-0.1, -0.05) is 37.2 Å². The Bertz CT molecular complexity index is 952. The number of hydrogen-bond donors (Lipinski definition) is 1. The van der Waals surface area contributed by atoms with Gasteiger partial charge >= 0.3 is 6.18 Å². The molecule has 0 atom stereocenters. The number of anilines is 1. The first-order valence-corrected chi connectivity index (χ1v) is 9.71. The second-order valence-electron chi connectivity index (χ2n) is 6.20. The average molecular weight is 408 g/mol. The van der Waals surface area contributed by atoms with E-state index in [1.165, 1.54) is 6.07 Å². The fourth-order valence-corrected chi connectivity index (χ4v) is 3.53. The van der Waals surface area contributed by atoms with Gasteiger partial charge in [0.1, 0.15) is 5.75 Å². The minimum atomic E-state index is -4.50. The highest BCUT2D eigenvalue weighted by Crippen LogP contribution is 2.37. The van der Waals surface area contributed by atoms with Gasteiger partial charge in [0.2, 0.25) is 0 Å². The summed E-state index contributed by atoms with van der Waals surface area (Å²) >= 11 is 1.00. The summed E-state index contributed by atoms with van der Waals surface area (Å²) in [7, 11) is 0. The summed E-state index contributed by atoms with van der Waals surface area (Å²) in [5.41, 5.74) is -0.603. The van der Waals surface area contributed by atoms with Gasteiger partial charge in [-0.3, -0.25) is 10.1 Å². The molecule has 3 rings (SSSR count). The molecular formula is C20H19F3N2O2S. The predicted molar refractivity (Wildman–Crippen MR) is 104 cm³/mol. The number of para-hydroxylation sites is 1. The number of carbonyl (C=O) groups is 1. The lowest BCUT2D eigenvalue weighted by atomic mass is 10.2. The topological polar surface area (TPSA) is 51.2 Å². The SMILES string of the molecule is CCCCCOc1ccc(C(=O)Nc2nc3c(C(F)(F)F)cccc3s2)cc1. The number of benzene rings is 2. The summed E-state index contributed by atoms with van der Waals surface area (Å²) in [5.74, 6) is 0.229. The molecule has 4 nitrogen and oxygen atoms in total. The highest BCUT2D eigenvalue weighted by atomic mass is 32.1. The molecule has 3 aromatic rings. The number of nitrogens with zero attached hydrogens (tertiary/aromatic N) is 1. The summed E-state index contributed by atoms with van der Waals surface area (Å²) in [6.45, 7) is 2.73. The van der Waals surface area contributed by atoms with Crippen LogP contribution < -0.4 is 10.1 Å². The van der Waals surface area contributed by atoms with E-state index < -0.39 is 17.6 Å². The number of nitrogens with one attached hydrogen (secondary N) is 1. The van der Waals surface area contributed by atoms with Gasteiger partial charge < -0.3 is 4.74 Å². The normalized spacial score (nSPS) is 11.6. The van der Waals surface area contributed by atoms with Crippen LogP contribution >= 0.6 is 11.3 Å². The van der Waals surface area contributed by atoms with Crippen molar-refractivity contribution in [2.45, 2.75) is 32.4 Å². The van der Waals surface area contributed by atoms with E-state index in [0.717, 1.165) is 36.7 Å². The van der Waals surface area contributed by atoms with Crippen molar-refractivity contribution < 1.29 is 22.7 Å². The first kappa shape index (κ1) is 20.1.